The molecule has 0 unspecified atom stereocenters. The third-order valence-corrected chi connectivity index (χ3v) is 4.74. The summed E-state index contributed by atoms with van der Waals surface area (Å²) in [5, 5.41) is 0. The van der Waals surface area contributed by atoms with Crippen LogP contribution in [0.2, 0.25) is 0 Å². The fraction of sp³-hybridized carbons (Fsp3) is 0.688. The largest absolute Gasteiger partial charge is 0.357 e. The number of likely N-dealkylation sites (tertiary alicyclic amines) is 1. The molecule has 0 saturated carbocycles. The molecule has 0 aromatic carbocycles. The van der Waals surface area contributed by atoms with Crippen molar-refractivity contribution >= 4 is 5.82 Å². The minimum absolute atomic E-state index is 0.574. The third-order valence-electron chi connectivity index (χ3n) is 4.74. The van der Waals surface area contributed by atoms with E-state index in [1.807, 2.05) is 6.20 Å². The molecule has 0 bridgehead atoms. The molecule has 0 aliphatic carbocycles. The Labute approximate surface area is 122 Å². The molecule has 4 nitrogen and oxygen atoms in total. The van der Waals surface area contributed by atoms with E-state index in [9.17, 15) is 0 Å². The molecular weight excluding hydrogens is 248 g/mol. The predicted molar refractivity (Wildman–Crippen MR) is 82.8 cm³/mol. The summed E-state index contributed by atoms with van der Waals surface area (Å²) in [6.45, 7) is 5.47. The Kier molecular flexibility index (Phi) is 4.53. The summed E-state index contributed by atoms with van der Waals surface area (Å²) in [5.74, 6) is 1.11. The number of hydrogen-bond acceptors (Lipinski definition) is 4. The molecular formula is C16H26N4. The van der Waals surface area contributed by atoms with Crippen LogP contribution >= 0.6 is 0 Å². The molecule has 1 aromatic rings. The van der Waals surface area contributed by atoms with Gasteiger partial charge in [-0.15, -0.1) is 0 Å². The zero-order chi connectivity index (χ0) is 13.8. The van der Waals surface area contributed by atoms with Gasteiger partial charge in [-0.05, 0) is 50.4 Å². The first-order chi connectivity index (χ1) is 9.86. The second-order valence-corrected chi connectivity index (χ2v) is 6.04. The van der Waals surface area contributed by atoms with Crippen LogP contribution in [0.25, 0.3) is 0 Å². The molecule has 110 valence electrons. The zero-order valence-electron chi connectivity index (χ0n) is 12.3. The maximum absolute atomic E-state index is 5.62. The molecule has 0 spiro atoms. The number of hydrogen-bond donors (Lipinski definition) is 1. The highest BCUT2D eigenvalue weighted by Crippen LogP contribution is 2.23. The van der Waals surface area contributed by atoms with Gasteiger partial charge in [0, 0.05) is 31.9 Å². The van der Waals surface area contributed by atoms with Crippen LogP contribution in [0, 0.1) is 0 Å². The maximum Gasteiger partial charge on any atom is 0.128 e. The van der Waals surface area contributed by atoms with Gasteiger partial charge in [0.2, 0.25) is 0 Å². The summed E-state index contributed by atoms with van der Waals surface area (Å²) in [7, 11) is 0. The van der Waals surface area contributed by atoms with Crippen LogP contribution in [-0.2, 0) is 6.54 Å². The summed E-state index contributed by atoms with van der Waals surface area (Å²) in [5.41, 5.74) is 6.73. The van der Waals surface area contributed by atoms with E-state index in [0.717, 1.165) is 30.5 Å². The summed E-state index contributed by atoms with van der Waals surface area (Å²) >= 11 is 0. The van der Waals surface area contributed by atoms with Crippen LogP contribution in [0.15, 0.2) is 18.3 Å². The number of piperidine rings is 2. The van der Waals surface area contributed by atoms with E-state index < -0.39 is 0 Å². The summed E-state index contributed by atoms with van der Waals surface area (Å²) in [6, 6.07) is 5.01. The number of rotatable bonds is 3. The number of nitrogens with two attached hydrogens (primary N) is 1. The number of nitrogens with zero attached hydrogens (tertiary/aromatic N) is 3. The minimum atomic E-state index is 0.574. The van der Waals surface area contributed by atoms with Gasteiger partial charge in [0.15, 0.2) is 0 Å². The lowest BCUT2D eigenvalue weighted by atomic mass is 10.00. The fourth-order valence-corrected chi connectivity index (χ4v) is 3.47. The number of aromatic nitrogens is 1. The Balaban J connectivity index is 1.54. The molecule has 20 heavy (non-hydrogen) atoms. The van der Waals surface area contributed by atoms with E-state index in [-0.39, 0.29) is 0 Å². The molecule has 2 aliphatic rings. The summed E-state index contributed by atoms with van der Waals surface area (Å²) in [4.78, 5) is 9.67. The van der Waals surface area contributed by atoms with Crippen molar-refractivity contribution in [2.24, 2.45) is 5.73 Å². The van der Waals surface area contributed by atoms with Crippen LogP contribution in [0.4, 0.5) is 5.82 Å². The first-order valence-corrected chi connectivity index (χ1v) is 8.01. The normalized spacial score (nSPS) is 22.1. The van der Waals surface area contributed by atoms with Gasteiger partial charge < -0.3 is 15.5 Å². The van der Waals surface area contributed by atoms with Gasteiger partial charge >= 0.3 is 0 Å². The monoisotopic (exact) mass is 274 g/mol. The topological polar surface area (TPSA) is 45.4 Å². The number of pyridine rings is 1. The van der Waals surface area contributed by atoms with E-state index in [1.54, 1.807) is 0 Å². The van der Waals surface area contributed by atoms with Gasteiger partial charge in [-0.2, -0.15) is 0 Å². The predicted octanol–water partition coefficient (Wildman–Crippen LogP) is 1.99. The highest BCUT2D eigenvalue weighted by atomic mass is 15.2. The maximum atomic E-state index is 5.62. The van der Waals surface area contributed by atoms with Crippen LogP contribution in [-0.4, -0.2) is 42.1 Å². The van der Waals surface area contributed by atoms with Crippen LogP contribution < -0.4 is 10.6 Å². The van der Waals surface area contributed by atoms with Gasteiger partial charge in [0.05, 0.1) is 0 Å². The smallest absolute Gasteiger partial charge is 0.128 e. The Hall–Kier alpha value is -1.13. The standard InChI is InChI=1S/C16H26N4/c17-12-14-4-5-16(18-13-14)20-10-6-15(7-11-20)19-8-2-1-3-9-19/h4-5,13,15H,1-3,6-12,17H2. The average molecular weight is 274 g/mol. The third kappa shape index (κ3) is 3.13. The molecule has 1 aromatic heterocycles. The molecule has 0 amide bonds. The molecule has 2 N–H and O–H groups in total. The average Bonchev–Trinajstić information content (AvgIpc) is 2.56. The molecule has 3 heterocycles. The SMILES string of the molecule is NCc1ccc(N2CCC(N3CCCCC3)CC2)nc1. The van der Waals surface area contributed by atoms with Crippen molar-refractivity contribution in [3.63, 3.8) is 0 Å². The molecule has 2 aliphatic heterocycles. The van der Waals surface area contributed by atoms with Gasteiger partial charge in [-0.1, -0.05) is 12.5 Å². The lowest BCUT2D eigenvalue weighted by Gasteiger charge is -2.40. The molecule has 2 saturated heterocycles. The Morgan fingerprint density at radius 1 is 1.05 bits per heavy atom. The second kappa shape index (κ2) is 6.55. The van der Waals surface area contributed by atoms with Crippen molar-refractivity contribution in [3.8, 4) is 0 Å². The van der Waals surface area contributed by atoms with E-state index in [4.69, 9.17) is 5.73 Å². The van der Waals surface area contributed by atoms with Crippen molar-refractivity contribution < 1.29 is 0 Å². The molecule has 3 rings (SSSR count). The van der Waals surface area contributed by atoms with Crippen molar-refractivity contribution in [1.29, 1.82) is 0 Å². The molecule has 0 atom stereocenters. The minimum Gasteiger partial charge on any atom is -0.357 e. The van der Waals surface area contributed by atoms with Crippen LogP contribution in [0.5, 0.6) is 0 Å². The Morgan fingerprint density at radius 3 is 2.40 bits per heavy atom. The van der Waals surface area contributed by atoms with Crippen molar-refractivity contribution in [2.75, 3.05) is 31.1 Å². The van der Waals surface area contributed by atoms with Crippen LogP contribution in [0.3, 0.4) is 0 Å². The first-order valence-electron chi connectivity index (χ1n) is 8.01. The first kappa shape index (κ1) is 13.8. The van der Waals surface area contributed by atoms with E-state index in [2.05, 4.69) is 26.9 Å². The Morgan fingerprint density at radius 2 is 1.80 bits per heavy atom. The highest BCUT2D eigenvalue weighted by molar-refractivity contribution is 5.39. The summed E-state index contributed by atoms with van der Waals surface area (Å²) in [6.07, 6.45) is 8.67. The van der Waals surface area contributed by atoms with Gasteiger partial charge in [0.1, 0.15) is 5.82 Å². The molecule has 0 radical (unpaired) electrons. The van der Waals surface area contributed by atoms with Crippen molar-refractivity contribution in [2.45, 2.75) is 44.7 Å². The fourth-order valence-electron chi connectivity index (χ4n) is 3.47. The summed E-state index contributed by atoms with van der Waals surface area (Å²) < 4.78 is 0. The van der Waals surface area contributed by atoms with Crippen molar-refractivity contribution in [1.82, 2.24) is 9.88 Å². The molecule has 4 heteroatoms. The second-order valence-electron chi connectivity index (χ2n) is 6.04. The Bertz CT molecular complexity index is 403. The van der Waals surface area contributed by atoms with Gasteiger partial charge in [-0.3, -0.25) is 0 Å². The van der Waals surface area contributed by atoms with E-state index in [1.165, 1.54) is 45.2 Å². The van der Waals surface area contributed by atoms with Gasteiger partial charge in [-0.25, -0.2) is 4.98 Å². The van der Waals surface area contributed by atoms with Crippen LogP contribution in [0.1, 0.15) is 37.7 Å². The highest BCUT2D eigenvalue weighted by Gasteiger charge is 2.25. The zero-order valence-corrected chi connectivity index (χ0v) is 12.3. The van der Waals surface area contributed by atoms with E-state index in [0.29, 0.717) is 6.54 Å². The lowest BCUT2D eigenvalue weighted by molar-refractivity contribution is 0.141. The van der Waals surface area contributed by atoms with Gasteiger partial charge in [0.25, 0.3) is 0 Å². The quantitative estimate of drug-likeness (QED) is 0.915. The van der Waals surface area contributed by atoms with E-state index >= 15 is 0 Å². The number of anilines is 1. The lowest BCUT2D eigenvalue weighted by Crippen LogP contribution is -2.46. The molecule has 2 fully saturated rings. The van der Waals surface area contributed by atoms with Crippen molar-refractivity contribution in [3.05, 3.63) is 23.9 Å².